The molecule has 112 valence electrons. The van der Waals surface area contributed by atoms with Gasteiger partial charge in [0, 0.05) is 5.56 Å². The van der Waals surface area contributed by atoms with E-state index >= 15 is 0 Å². The minimum absolute atomic E-state index is 0.261. The van der Waals surface area contributed by atoms with Crippen LogP contribution in [-0.4, -0.2) is 22.3 Å². The summed E-state index contributed by atoms with van der Waals surface area (Å²) in [6.07, 6.45) is 0. The molecule has 0 aliphatic rings. The first kappa shape index (κ1) is 15.0. The molecule has 7 nitrogen and oxygen atoms in total. The molecule has 2 heterocycles. The molecule has 0 saturated heterocycles. The summed E-state index contributed by atoms with van der Waals surface area (Å²) in [6.45, 7) is -0.661. The number of alkyl halides is 3. The molecule has 0 aliphatic heterocycles. The minimum Gasteiger partial charge on any atom is -0.457 e. The third-order valence-corrected chi connectivity index (χ3v) is 4.88. The Kier molecular flexibility index (Phi) is 3.44. The third kappa shape index (κ3) is 3.03. The van der Waals surface area contributed by atoms with Crippen LogP contribution in [0.2, 0.25) is 0 Å². The van der Waals surface area contributed by atoms with E-state index in [2.05, 4.69) is 4.18 Å². The van der Waals surface area contributed by atoms with Crippen LogP contribution in [0.5, 0.6) is 0 Å². The molecule has 0 spiro atoms. The maximum Gasteiger partial charge on any atom is 0.512 e. The molecule has 0 saturated carbocycles. The Morgan fingerprint density at radius 1 is 1.20 bits per heavy atom. The average molecular weight is 333 g/mol. The summed E-state index contributed by atoms with van der Waals surface area (Å²) in [4.78, 5) is 0. The van der Waals surface area contributed by atoms with Crippen molar-refractivity contribution in [2.45, 2.75) is 12.1 Å². The van der Waals surface area contributed by atoms with Gasteiger partial charge in [-0.2, -0.15) is 21.6 Å². The maximum atomic E-state index is 12.0. The number of hydrogen-bond acceptors (Lipinski definition) is 6. The quantitative estimate of drug-likeness (QED) is 0.878. The monoisotopic (exact) mass is 333 g/mol. The van der Waals surface area contributed by atoms with E-state index < -0.39 is 32.4 Å². The molecular weight excluding hydrogens is 327 g/mol. The second-order valence-electron chi connectivity index (χ2n) is 3.62. The van der Waals surface area contributed by atoms with Crippen LogP contribution in [0.25, 0.3) is 11.2 Å². The van der Waals surface area contributed by atoms with E-state index in [1.165, 1.54) is 12.1 Å². The molecule has 2 aromatic heterocycles. The highest BCUT2D eigenvalue weighted by Crippen LogP contribution is 2.24. The average Bonchev–Trinajstić information content (AvgIpc) is 2.84. The fourth-order valence-electron chi connectivity index (χ4n) is 1.31. The van der Waals surface area contributed by atoms with Crippen LogP contribution in [-0.2, 0) is 31.1 Å². The first-order chi connectivity index (χ1) is 9.00. The Morgan fingerprint density at radius 2 is 1.85 bits per heavy atom. The van der Waals surface area contributed by atoms with E-state index in [9.17, 15) is 30.0 Å². The van der Waals surface area contributed by atoms with Crippen molar-refractivity contribution in [3.05, 3.63) is 23.8 Å². The lowest BCUT2D eigenvalue weighted by molar-refractivity contribution is -0.0442. The predicted octanol–water partition coefficient (Wildman–Crippen LogP) is 1.07. The van der Waals surface area contributed by atoms with Crippen LogP contribution >= 0.6 is 0 Å². The first-order valence-corrected chi connectivity index (χ1v) is 7.69. The van der Waals surface area contributed by atoms with E-state index in [1.807, 2.05) is 0 Å². The van der Waals surface area contributed by atoms with Gasteiger partial charge in [-0.25, -0.2) is 8.42 Å². The van der Waals surface area contributed by atoms with Crippen LogP contribution in [0, 0.1) is 0 Å². The predicted molar refractivity (Wildman–Crippen MR) is 59.2 cm³/mol. The summed E-state index contributed by atoms with van der Waals surface area (Å²) in [5.41, 5.74) is -4.79. The van der Waals surface area contributed by atoms with E-state index in [1.54, 1.807) is 6.07 Å². The molecule has 1 N–H and O–H groups in total. The number of sulfonamides is 1. The summed E-state index contributed by atoms with van der Waals surface area (Å²) in [7, 11) is -11.2. The molecule has 0 radical (unpaired) electrons. The fourth-order valence-corrected chi connectivity index (χ4v) is 3.23. The second kappa shape index (κ2) is 4.58. The van der Waals surface area contributed by atoms with Crippen molar-refractivity contribution in [1.29, 1.82) is 0 Å². The zero-order chi connectivity index (χ0) is 15.2. The Labute approximate surface area is 111 Å². The van der Waals surface area contributed by atoms with Crippen LogP contribution in [0.3, 0.4) is 0 Å². The molecule has 0 aromatic carbocycles. The van der Waals surface area contributed by atoms with Gasteiger partial charge in [0.05, 0.1) is 6.61 Å². The van der Waals surface area contributed by atoms with E-state index in [0.29, 0.717) is 9.71 Å². The molecule has 2 bridgehead atoms. The zero-order valence-corrected chi connectivity index (χ0v) is 11.0. The summed E-state index contributed by atoms with van der Waals surface area (Å²) in [6, 6.07) is 4.49. The number of fused-ring (bicyclic) bond motifs is 2. The Morgan fingerprint density at radius 3 is 2.30 bits per heavy atom. The normalized spacial score (nSPS) is 14.2. The number of rotatable bonds is 5. The molecule has 2 aromatic rings. The number of furan rings is 2. The summed E-state index contributed by atoms with van der Waals surface area (Å²) >= 11 is 0. The standard InChI is InChI=1S/C8H6F3NO6S2/c9-8(10,11)19(13,14)12-20(15,16)17-4-5-3-6-1-2-7(5)18-6/h1-3,12H,4H2. The first-order valence-electron chi connectivity index (χ1n) is 4.80. The number of nitrogens with one attached hydrogen (secondary N) is 1. The zero-order valence-electron chi connectivity index (χ0n) is 9.34. The minimum atomic E-state index is -6.05. The van der Waals surface area contributed by atoms with Crippen molar-refractivity contribution < 1.29 is 38.6 Å². The Bertz CT molecular complexity index is 807. The molecular formula is C8H6F3NO6S2. The van der Waals surface area contributed by atoms with Crippen molar-refractivity contribution in [2.24, 2.45) is 0 Å². The topological polar surface area (TPSA) is 103 Å². The van der Waals surface area contributed by atoms with Crippen molar-refractivity contribution in [3.63, 3.8) is 0 Å². The summed E-state index contributed by atoms with van der Waals surface area (Å²) < 4.78 is 89.2. The van der Waals surface area contributed by atoms with E-state index in [-0.39, 0.29) is 11.1 Å². The van der Waals surface area contributed by atoms with E-state index in [0.717, 1.165) is 0 Å². The van der Waals surface area contributed by atoms with Crippen molar-refractivity contribution in [3.8, 4) is 0 Å². The van der Waals surface area contributed by atoms with Crippen LogP contribution in [0.4, 0.5) is 13.2 Å². The number of benzene rings is 1. The van der Waals surface area contributed by atoms with Gasteiger partial charge in [-0.05, 0) is 18.2 Å². The highest BCUT2D eigenvalue weighted by molar-refractivity contribution is 8.03. The smallest absolute Gasteiger partial charge is 0.457 e. The molecule has 0 unspecified atom stereocenters. The van der Waals surface area contributed by atoms with Gasteiger partial charge < -0.3 is 4.42 Å². The highest BCUT2D eigenvalue weighted by Gasteiger charge is 2.48. The largest absolute Gasteiger partial charge is 0.512 e. The third-order valence-electron chi connectivity index (χ3n) is 2.15. The molecule has 2 rings (SSSR count). The molecule has 0 aliphatic carbocycles. The lowest BCUT2D eigenvalue weighted by Gasteiger charge is -2.09. The molecule has 0 atom stereocenters. The van der Waals surface area contributed by atoms with Gasteiger partial charge in [0.2, 0.25) is 0 Å². The van der Waals surface area contributed by atoms with Gasteiger partial charge in [-0.1, -0.05) is 4.13 Å². The molecule has 12 heteroatoms. The van der Waals surface area contributed by atoms with Crippen LogP contribution in [0.15, 0.2) is 22.6 Å². The lowest BCUT2D eigenvalue weighted by atomic mass is 10.2. The van der Waals surface area contributed by atoms with Crippen LogP contribution in [0.1, 0.15) is 5.56 Å². The SMILES string of the molecule is O=S(=O)(NS(=O)(=O)C(F)(F)F)OCc1cc2ccc1o2. The van der Waals surface area contributed by atoms with Crippen molar-refractivity contribution >= 4 is 31.5 Å². The number of halogens is 3. The van der Waals surface area contributed by atoms with Gasteiger partial charge >= 0.3 is 25.8 Å². The molecule has 0 fully saturated rings. The van der Waals surface area contributed by atoms with Gasteiger partial charge in [-0.3, -0.25) is 4.18 Å². The van der Waals surface area contributed by atoms with Crippen molar-refractivity contribution in [2.75, 3.05) is 0 Å². The van der Waals surface area contributed by atoms with Gasteiger partial charge in [-0.15, -0.1) is 0 Å². The Hall–Kier alpha value is -1.37. The Balaban J connectivity index is 2.07. The number of hydrogen-bond donors (Lipinski definition) is 1. The van der Waals surface area contributed by atoms with Gasteiger partial charge in [0.25, 0.3) is 0 Å². The van der Waals surface area contributed by atoms with Gasteiger partial charge in [0.15, 0.2) is 0 Å². The maximum absolute atomic E-state index is 12.0. The fraction of sp³-hybridized carbons (Fsp3) is 0.250. The van der Waals surface area contributed by atoms with Gasteiger partial charge in [0.1, 0.15) is 11.2 Å². The summed E-state index contributed by atoms with van der Waals surface area (Å²) in [5, 5.41) is 0. The summed E-state index contributed by atoms with van der Waals surface area (Å²) in [5.74, 6) is 0. The molecule has 0 amide bonds. The second-order valence-corrected chi connectivity index (χ2v) is 6.90. The van der Waals surface area contributed by atoms with E-state index in [4.69, 9.17) is 4.42 Å². The lowest BCUT2D eigenvalue weighted by Crippen LogP contribution is -2.40. The van der Waals surface area contributed by atoms with Crippen molar-refractivity contribution in [1.82, 2.24) is 4.13 Å². The van der Waals surface area contributed by atoms with Crippen LogP contribution < -0.4 is 4.13 Å². The highest BCUT2D eigenvalue weighted by atomic mass is 32.3. The molecule has 20 heavy (non-hydrogen) atoms.